The van der Waals surface area contributed by atoms with Crippen molar-refractivity contribution in [3.05, 3.63) is 35.4 Å². The summed E-state index contributed by atoms with van der Waals surface area (Å²) in [6.45, 7) is 1.70. The van der Waals surface area contributed by atoms with Crippen molar-refractivity contribution >= 4 is 17.9 Å². The van der Waals surface area contributed by atoms with E-state index in [1.165, 1.54) is 19.1 Å². The van der Waals surface area contributed by atoms with E-state index in [4.69, 9.17) is 10.8 Å². The molecule has 7 heteroatoms. The second-order valence-corrected chi connectivity index (χ2v) is 3.95. The molecule has 0 aliphatic carbocycles. The summed E-state index contributed by atoms with van der Waals surface area (Å²) in [6, 6.07) is 4.82. The summed E-state index contributed by atoms with van der Waals surface area (Å²) >= 11 is 0. The van der Waals surface area contributed by atoms with Gasteiger partial charge in [0.2, 0.25) is 5.91 Å². The molecule has 0 saturated heterocycles. The first-order chi connectivity index (χ1) is 8.90. The first-order valence-corrected chi connectivity index (χ1v) is 5.56. The van der Waals surface area contributed by atoms with Gasteiger partial charge in [-0.15, -0.1) is 0 Å². The van der Waals surface area contributed by atoms with Gasteiger partial charge in [-0.1, -0.05) is 12.1 Å². The second kappa shape index (κ2) is 6.39. The van der Waals surface area contributed by atoms with Crippen molar-refractivity contribution in [2.75, 3.05) is 0 Å². The van der Waals surface area contributed by atoms with Crippen LogP contribution in [0.2, 0.25) is 0 Å². The molecule has 0 bridgehead atoms. The van der Waals surface area contributed by atoms with Crippen LogP contribution in [-0.2, 0) is 11.3 Å². The average Bonchev–Trinajstić information content (AvgIpc) is 2.36. The van der Waals surface area contributed by atoms with Crippen molar-refractivity contribution in [1.82, 2.24) is 10.6 Å². The fraction of sp³-hybridized carbons (Fsp3) is 0.250. The number of benzene rings is 1. The Bertz CT molecular complexity index is 484. The van der Waals surface area contributed by atoms with Crippen LogP contribution in [0, 0.1) is 0 Å². The third-order valence-electron chi connectivity index (χ3n) is 2.43. The Labute approximate surface area is 109 Å². The number of carbonyl (C=O) groups is 3. The zero-order chi connectivity index (χ0) is 14.4. The fourth-order valence-electron chi connectivity index (χ4n) is 1.27. The Kier molecular flexibility index (Phi) is 4.87. The number of primary amides is 1. The van der Waals surface area contributed by atoms with Gasteiger partial charge in [-0.25, -0.2) is 9.59 Å². The van der Waals surface area contributed by atoms with E-state index in [0.29, 0.717) is 0 Å². The van der Waals surface area contributed by atoms with Gasteiger partial charge < -0.3 is 21.5 Å². The number of carboxylic acids is 1. The van der Waals surface area contributed by atoms with Crippen molar-refractivity contribution in [2.24, 2.45) is 5.73 Å². The SMILES string of the molecule is CC(NC(=O)NCc1ccc(C(=O)O)cc1)C(N)=O. The molecule has 5 N–H and O–H groups in total. The van der Waals surface area contributed by atoms with Crippen molar-refractivity contribution in [2.45, 2.75) is 19.5 Å². The molecule has 3 amide bonds. The summed E-state index contributed by atoms with van der Waals surface area (Å²) in [5.41, 5.74) is 5.92. The van der Waals surface area contributed by atoms with Gasteiger partial charge in [0.25, 0.3) is 0 Å². The maximum Gasteiger partial charge on any atom is 0.335 e. The molecule has 19 heavy (non-hydrogen) atoms. The first kappa shape index (κ1) is 14.5. The molecule has 0 radical (unpaired) electrons. The largest absolute Gasteiger partial charge is 0.478 e. The minimum Gasteiger partial charge on any atom is -0.478 e. The highest BCUT2D eigenvalue weighted by Gasteiger charge is 2.11. The van der Waals surface area contributed by atoms with Crippen molar-refractivity contribution < 1.29 is 19.5 Å². The highest BCUT2D eigenvalue weighted by Crippen LogP contribution is 2.04. The van der Waals surface area contributed by atoms with E-state index in [2.05, 4.69) is 10.6 Å². The van der Waals surface area contributed by atoms with Gasteiger partial charge in [-0.2, -0.15) is 0 Å². The summed E-state index contributed by atoms with van der Waals surface area (Å²) in [6.07, 6.45) is 0. The van der Waals surface area contributed by atoms with E-state index in [0.717, 1.165) is 5.56 Å². The van der Waals surface area contributed by atoms with Crippen molar-refractivity contribution in [3.8, 4) is 0 Å². The summed E-state index contributed by atoms with van der Waals surface area (Å²) in [7, 11) is 0. The number of carbonyl (C=O) groups excluding carboxylic acids is 2. The van der Waals surface area contributed by atoms with Crippen LogP contribution in [-0.4, -0.2) is 29.1 Å². The molecular formula is C12H15N3O4. The van der Waals surface area contributed by atoms with Gasteiger partial charge >= 0.3 is 12.0 Å². The molecule has 0 aliphatic heterocycles. The molecule has 1 aromatic rings. The number of urea groups is 1. The maximum atomic E-state index is 11.4. The standard InChI is InChI=1S/C12H15N3O4/c1-7(10(13)16)15-12(19)14-6-8-2-4-9(5-3-8)11(17)18/h2-5,7H,6H2,1H3,(H2,13,16)(H,17,18)(H2,14,15,19). The minimum absolute atomic E-state index is 0.176. The zero-order valence-electron chi connectivity index (χ0n) is 10.3. The van der Waals surface area contributed by atoms with Crippen LogP contribution in [0.1, 0.15) is 22.8 Å². The van der Waals surface area contributed by atoms with E-state index in [9.17, 15) is 14.4 Å². The van der Waals surface area contributed by atoms with Crippen LogP contribution in [0.4, 0.5) is 4.79 Å². The number of nitrogens with one attached hydrogen (secondary N) is 2. The number of carboxylic acid groups (broad SMARTS) is 1. The van der Waals surface area contributed by atoms with Gasteiger partial charge in [0.05, 0.1) is 5.56 Å². The van der Waals surface area contributed by atoms with Crippen LogP contribution < -0.4 is 16.4 Å². The number of hydrogen-bond donors (Lipinski definition) is 4. The summed E-state index contributed by atoms with van der Waals surface area (Å²) in [5.74, 6) is -1.63. The molecule has 7 nitrogen and oxygen atoms in total. The molecule has 0 heterocycles. The summed E-state index contributed by atoms with van der Waals surface area (Å²) in [5, 5.41) is 13.6. The second-order valence-electron chi connectivity index (χ2n) is 3.95. The first-order valence-electron chi connectivity index (χ1n) is 5.56. The Morgan fingerprint density at radius 1 is 1.26 bits per heavy atom. The molecule has 0 aliphatic rings. The normalized spacial score (nSPS) is 11.4. The molecule has 1 atom stereocenters. The molecular weight excluding hydrogens is 250 g/mol. The van der Waals surface area contributed by atoms with E-state index in [1.807, 2.05) is 0 Å². The average molecular weight is 265 g/mol. The Morgan fingerprint density at radius 2 is 1.84 bits per heavy atom. The van der Waals surface area contributed by atoms with E-state index in [-0.39, 0.29) is 12.1 Å². The predicted molar refractivity (Wildman–Crippen MR) is 67.4 cm³/mol. The molecule has 0 spiro atoms. The Balaban J connectivity index is 2.46. The lowest BCUT2D eigenvalue weighted by molar-refractivity contribution is -0.119. The van der Waals surface area contributed by atoms with E-state index < -0.39 is 23.9 Å². The zero-order valence-corrected chi connectivity index (χ0v) is 10.3. The van der Waals surface area contributed by atoms with Gasteiger partial charge in [0.15, 0.2) is 0 Å². The lowest BCUT2D eigenvalue weighted by Gasteiger charge is -2.11. The molecule has 1 aromatic carbocycles. The Hall–Kier alpha value is -2.57. The van der Waals surface area contributed by atoms with Gasteiger partial charge in [-0.3, -0.25) is 4.79 Å². The van der Waals surface area contributed by atoms with Gasteiger partial charge in [0, 0.05) is 6.54 Å². The smallest absolute Gasteiger partial charge is 0.335 e. The predicted octanol–water partition coefficient (Wildman–Crippen LogP) is 0.0578. The highest BCUT2D eigenvalue weighted by molar-refractivity contribution is 5.87. The molecule has 0 saturated carbocycles. The van der Waals surface area contributed by atoms with Crippen molar-refractivity contribution in [3.63, 3.8) is 0 Å². The number of nitrogens with two attached hydrogens (primary N) is 1. The van der Waals surface area contributed by atoms with Gasteiger partial charge in [-0.05, 0) is 24.6 Å². The molecule has 1 rings (SSSR count). The van der Waals surface area contributed by atoms with Crippen LogP contribution in [0.5, 0.6) is 0 Å². The maximum absolute atomic E-state index is 11.4. The third kappa shape index (κ3) is 4.66. The topological polar surface area (TPSA) is 122 Å². The van der Waals surface area contributed by atoms with Crippen LogP contribution >= 0.6 is 0 Å². The van der Waals surface area contributed by atoms with Gasteiger partial charge in [0.1, 0.15) is 6.04 Å². The van der Waals surface area contributed by atoms with Crippen LogP contribution in [0.15, 0.2) is 24.3 Å². The minimum atomic E-state index is -1.01. The summed E-state index contributed by atoms with van der Waals surface area (Å²) in [4.78, 5) is 32.8. The molecule has 0 aromatic heterocycles. The molecule has 1 unspecified atom stereocenters. The summed E-state index contributed by atoms with van der Waals surface area (Å²) < 4.78 is 0. The number of hydrogen-bond acceptors (Lipinski definition) is 3. The molecule has 102 valence electrons. The lowest BCUT2D eigenvalue weighted by atomic mass is 10.1. The monoisotopic (exact) mass is 265 g/mol. The third-order valence-corrected chi connectivity index (χ3v) is 2.43. The molecule has 0 fully saturated rings. The Morgan fingerprint density at radius 3 is 2.32 bits per heavy atom. The van der Waals surface area contributed by atoms with Crippen LogP contribution in [0.3, 0.4) is 0 Å². The number of amides is 3. The quantitative estimate of drug-likeness (QED) is 0.601. The van der Waals surface area contributed by atoms with Crippen LogP contribution in [0.25, 0.3) is 0 Å². The number of rotatable bonds is 5. The lowest BCUT2D eigenvalue weighted by Crippen LogP contribution is -2.46. The number of aromatic carboxylic acids is 1. The fourth-order valence-corrected chi connectivity index (χ4v) is 1.27. The van der Waals surface area contributed by atoms with E-state index in [1.54, 1.807) is 12.1 Å². The van der Waals surface area contributed by atoms with E-state index >= 15 is 0 Å². The highest BCUT2D eigenvalue weighted by atomic mass is 16.4. The van der Waals surface area contributed by atoms with Crippen molar-refractivity contribution in [1.29, 1.82) is 0 Å².